The standard InChI is InChI=1S/C16H33NO/c1-3-5-6-7-8-9-10-15(17)11-14-12-16(13-14)18-4-2/h14-16H,3-13,17H2,1-2H3. The Labute approximate surface area is 114 Å². The maximum absolute atomic E-state index is 6.20. The molecule has 1 rings (SSSR count). The van der Waals surface area contributed by atoms with Gasteiger partial charge in [0.15, 0.2) is 0 Å². The van der Waals surface area contributed by atoms with Crippen LogP contribution in [-0.4, -0.2) is 18.8 Å². The highest BCUT2D eigenvalue weighted by atomic mass is 16.5. The average molecular weight is 255 g/mol. The minimum Gasteiger partial charge on any atom is -0.378 e. The lowest BCUT2D eigenvalue weighted by Gasteiger charge is -2.36. The molecule has 0 heterocycles. The molecule has 1 aliphatic carbocycles. The molecular weight excluding hydrogens is 222 g/mol. The summed E-state index contributed by atoms with van der Waals surface area (Å²) in [6.45, 7) is 5.21. The first-order valence-corrected chi connectivity index (χ1v) is 8.13. The van der Waals surface area contributed by atoms with Crippen molar-refractivity contribution < 1.29 is 4.74 Å². The van der Waals surface area contributed by atoms with Crippen LogP contribution in [0.5, 0.6) is 0 Å². The van der Waals surface area contributed by atoms with Crippen molar-refractivity contribution in [3.8, 4) is 0 Å². The molecule has 1 saturated carbocycles. The van der Waals surface area contributed by atoms with Crippen LogP contribution < -0.4 is 5.73 Å². The van der Waals surface area contributed by atoms with Crippen molar-refractivity contribution in [2.45, 2.75) is 90.2 Å². The lowest BCUT2D eigenvalue weighted by atomic mass is 9.77. The molecule has 0 spiro atoms. The Balaban J connectivity index is 1.87. The Hall–Kier alpha value is -0.0800. The Morgan fingerprint density at radius 2 is 1.72 bits per heavy atom. The second kappa shape index (κ2) is 9.80. The molecule has 0 amide bonds. The Bertz CT molecular complexity index is 190. The summed E-state index contributed by atoms with van der Waals surface area (Å²) >= 11 is 0. The van der Waals surface area contributed by atoms with E-state index in [9.17, 15) is 0 Å². The molecule has 2 nitrogen and oxygen atoms in total. The first kappa shape index (κ1) is 16.0. The third kappa shape index (κ3) is 6.75. The highest BCUT2D eigenvalue weighted by molar-refractivity contribution is 4.83. The van der Waals surface area contributed by atoms with Crippen molar-refractivity contribution in [2.24, 2.45) is 11.7 Å². The molecule has 0 saturated heterocycles. The molecule has 0 radical (unpaired) electrons. The van der Waals surface area contributed by atoms with E-state index in [0.29, 0.717) is 12.1 Å². The summed E-state index contributed by atoms with van der Waals surface area (Å²) in [7, 11) is 0. The van der Waals surface area contributed by atoms with Gasteiger partial charge in [-0.2, -0.15) is 0 Å². The fourth-order valence-electron chi connectivity index (χ4n) is 2.97. The molecule has 2 N–H and O–H groups in total. The quantitative estimate of drug-likeness (QED) is 0.560. The van der Waals surface area contributed by atoms with Crippen molar-refractivity contribution in [1.82, 2.24) is 0 Å². The number of unbranched alkanes of at least 4 members (excludes halogenated alkanes) is 5. The lowest BCUT2D eigenvalue weighted by molar-refractivity contribution is -0.0283. The third-order valence-corrected chi connectivity index (χ3v) is 4.16. The molecule has 108 valence electrons. The smallest absolute Gasteiger partial charge is 0.0580 e. The van der Waals surface area contributed by atoms with E-state index in [1.165, 1.54) is 64.2 Å². The molecule has 1 fully saturated rings. The van der Waals surface area contributed by atoms with Crippen LogP contribution in [0.15, 0.2) is 0 Å². The predicted molar refractivity (Wildman–Crippen MR) is 78.7 cm³/mol. The topological polar surface area (TPSA) is 35.2 Å². The van der Waals surface area contributed by atoms with Crippen LogP contribution in [0.25, 0.3) is 0 Å². The van der Waals surface area contributed by atoms with Gasteiger partial charge in [0, 0.05) is 12.6 Å². The van der Waals surface area contributed by atoms with E-state index in [-0.39, 0.29) is 0 Å². The monoisotopic (exact) mass is 255 g/mol. The van der Waals surface area contributed by atoms with E-state index in [1.54, 1.807) is 0 Å². The van der Waals surface area contributed by atoms with Crippen LogP contribution in [-0.2, 0) is 4.74 Å². The fourth-order valence-corrected chi connectivity index (χ4v) is 2.97. The van der Waals surface area contributed by atoms with Crippen LogP contribution in [0.4, 0.5) is 0 Å². The van der Waals surface area contributed by atoms with Gasteiger partial charge in [0.2, 0.25) is 0 Å². The van der Waals surface area contributed by atoms with Gasteiger partial charge in [0.05, 0.1) is 6.10 Å². The number of hydrogen-bond donors (Lipinski definition) is 1. The molecule has 1 atom stereocenters. The summed E-state index contributed by atoms with van der Waals surface area (Å²) in [5.41, 5.74) is 6.20. The van der Waals surface area contributed by atoms with Crippen LogP contribution in [0.1, 0.15) is 78.1 Å². The zero-order valence-electron chi connectivity index (χ0n) is 12.5. The Kier molecular flexibility index (Phi) is 8.70. The fraction of sp³-hybridized carbons (Fsp3) is 1.00. The molecule has 0 aliphatic heterocycles. The second-order valence-corrected chi connectivity index (χ2v) is 5.97. The summed E-state index contributed by atoms with van der Waals surface area (Å²) in [5.74, 6) is 0.844. The number of hydrogen-bond acceptors (Lipinski definition) is 2. The van der Waals surface area contributed by atoms with Gasteiger partial charge in [-0.25, -0.2) is 0 Å². The molecule has 0 aromatic heterocycles. The van der Waals surface area contributed by atoms with Gasteiger partial charge in [0.25, 0.3) is 0 Å². The maximum Gasteiger partial charge on any atom is 0.0580 e. The summed E-state index contributed by atoms with van der Waals surface area (Å²) in [5, 5.41) is 0. The number of nitrogens with two attached hydrogens (primary N) is 1. The van der Waals surface area contributed by atoms with Gasteiger partial charge in [0.1, 0.15) is 0 Å². The molecule has 0 bridgehead atoms. The predicted octanol–water partition coefficient (Wildman–Crippen LogP) is 4.27. The molecule has 18 heavy (non-hydrogen) atoms. The van der Waals surface area contributed by atoms with E-state index in [4.69, 9.17) is 10.5 Å². The minimum absolute atomic E-state index is 0.434. The Morgan fingerprint density at radius 3 is 2.39 bits per heavy atom. The van der Waals surface area contributed by atoms with Crippen molar-refractivity contribution >= 4 is 0 Å². The van der Waals surface area contributed by atoms with E-state index >= 15 is 0 Å². The third-order valence-electron chi connectivity index (χ3n) is 4.16. The average Bonchev–Trinajstić information content (AvgIpc) is 2.31. The van der Waals surface area contributed by atoms with Crippen LogP contribution in [0, 0.1) is 5.92 Å². The van der Waals surface area contributed by atoms with Gasteiger partial charge in [-0.3, -0.25) is 0 Å². The van der Waals surface area contributed by atoms with Crippen LogP contribution in [0.3, 0.4) is 0 Å². The minimum atomic E-state index is 0.434. The molecule has 2 heteroatoms. The molecule has 0 aromatic carbocycles. The Morgan fingerprint density at radius 1 is 1.06 bits per heavy atom. The van der Waals surface area contributed by atoms with Gasteiger partial charge in [-0.1, -0.05) is 45.4 Å². The van der Waals surface area contributed by atoms with E-state index < -0.39 is 0 Å². The van der Waals surface area contributed by atoms with Crippen molar-refractivity contribution in [2.75, 3.05) is 6.61 Å². The van der Waals surface area contributed by atoms with Crippen molar-refractivity contribution in [3.05, 3.63) is 0 Å². The maximum atomic E-state index is 6.20. The SMILES string of the molecule is CCCCCCCCC(N)CC1CC(OCC)C1. The normalized spacial score (nSPS) is 24.8. The number of ether oxygens (including phenoxy) is 1. The molecule has 1 aliphatic rings. The van der Waals surface area contributed by atoms with Gasteiger partial charge < -0.3 is 10.5 Å². The van der Waals surface area contributed by atoms with Crippen LogP contribution in [0.2, 0.25) is 0 Å². The van der Waals surface area contributed by atoms with Crippen molar-refractivity contribution in [1.29, 1.82) is 0 Å². The zero-order valence-corrected chi connectivity index (χ0v) is 12.5. The van der Waals surface area contributed by atoms with Gasteiger partial charge >= 0.3 is 0 Å². The zero-order chi connectivity index (χ0) is 13.2. The van der Waals surface area contributed by atoms with Gasteiger partial charge in [-0.15, -0.1) is 0 Å². The number of rotatable bonds is 11. The first-order chi connectivity index (χ1) is 8.76. The van der Waals surface area contributed by atoms with Gasteiger partial charge in [-0.05, 0) is 38.5 Å². The highest BCUT2D eigenvalue weighted by Gasteiger charge is 2.30. The summed E-state index contributed by atoms with van der Waals surface area (Å²) in [4.78, 5) is 0. The lowest BCUT2D eigenvalue weighted by Crippen LogP contribution is -2.35. The largest absolute Gasteiger partial charge is 0.378 e. The van der Waals surface area contributed by atoms with E-state index in [2.05, 4.69) is 13.8 Å². The summed E-state index contributed by atoms with van der Waals surface area (Å²) in [6, 6.07) is 0.434. The van der Waals surface area contributed by atoms with E-state index in [0.717, 1.165) is 12.5 Å². The van der Waals surface area contributed by atoms with E-state index in [1.807, 2.05) is 0 Å². The summed E-state index contributed by atoms with van der Waals surface area (Å²) < 4.78 is 5.58. The highest BCUT2D eigenvalue weighted by Crippen LogP contribution is 2.33. The molecular formula is C16H33NO. The van der Waals surface area contributed by atoms with Crippen molar-refractivity contribution in [3.63, 3.8) is 0 Å². The van der Waals surface area contributed by atoms with Crippen LogP contribution >= 0.6 is 0 Å². The molecule has 0 aromatic rings. The summed E-state index contributed by atoms with van der Waals surface area (Å²) in [6.07, 6.45) is 13.7. The molecule has 1 unspecified atom stereocenters. The second-order valence-electron chi connectivity index (χ2n) is 5.97. The first-order valence-electron chi connectivity index (χ1n) is 8.13.